The number of nitrogens with one attached hydrogen (secondary N) is 1. The van der Waals surface area contributed by atoms with Crippen LogP contribution in [0.3, 0.4) is 0 Å². The lowest BCUT2D eigenvalue weighted by Crippen LogP contribution is -2.34. The fourth-order valence-corrected chi connectivity index (χ4v) is 3.05. The highest BCUT2D eigenvalue weighted by atomic mass is 32.2. The predicted octanol–water partition coefficient (Wildman–Crippen LogP) is 4.97. The minimum Gasteiger partial charge on any atom is -0.497 e. The van der Waals surface area contributed by atoms with E-state index in [2.05, 4.69) is 19.2 Å². The molecule has 0 aliphatic rings. The third kappa shape index (κ3) is 5.49. The number of carbonyl (C=O) groups excluding carboxylic acids is 1. The van der Waals surface area contributed by atoms with Crippen LogP contribution in [0.1, 0.15) is 13.8 Å². The van der Waals surface area contributed by atoms with E-state index in [1.807, 2.05) is 55.6 Å². The number of hydrogen-bond acceptors (Lipinski definition) is 3. The van der Waals surface area contributed by atoms with Crippen molar-refractivity contribution in [2.75, 3.05) is 26.0 Å². The molecule has 0 spiro atoms. The van der Waals surface area contributed by atoms with Gasteiger partial charge in [0.15, 0.2) is 0 Å². The fraction of sp³-hybridized carbons (Fsp3) is 0.316. The largest absolute Gasteiger partial charge is 0.497 e. The van der Waals surface area contributed by atoms with E-state index in [1.165, 1.54) is 0 Å². The number of amides is 2. The van der Waals surface area contributed by atoms with Crippen LogP contribution >= 0.6 is 11.8 Å². The molecule has 24 heavy (non-hydrogen) atoms. The standard InChI is InChI=1S/C19H24N2O2S/c1-14(2)13-21(3)19(22)20-15-5-9-17(10-6-15)24-18-11-7-16(23-4)8-12-18/h5-12,14H,13H2,1-4H3,(H,20,22). The number of urea groups is 1. The molecule has 0 aliphatic carbocycles. The lowest BCUT2D eigenvalue weighted by molar-refractivity contribution is 0.217. The Bertz CT molecular complexity index is 654. The molecule has 128 valence electrons. The van der Waals surface area contributed by atoms with E-state index in [-0.39, 0.29) is 6.03 Å². The highest BCUT2D eigenvalue weighted by molar-refractivity contribution is 7.99. The van der Waals surface area contributed by atoms with Gasteiger partial charge in [-0.15, -0.1) is 0 Å². The van der Waals surface area contributed by atoms with Crippen LogP contribution < -0.4 is 10.1 Å². The molecule has 4 nitrogen and oxygen atoms in total. The summed E-state index contributed by atoms with van der Waals surface area (Å²) < 4.78 is 5.16. The Balaban J connectivity index is 1.93. The number of rotatable bonds is 6. The molecular weight excluding hydrogens is 320 g/mol. The van der Waals surface area contributed by atoms with Gasteiger partial charge in [0.25, 0.3) is 0 Å². The normalized spacial score (nSPS) is 10.5. The van der Waals surface area contributed by atoms with Crippen LogP contribution in [0.5, 0.6) is 5.75 Å². The molecule has 0 heterocycles. The van der Waals surface area contributed by atoms with Gasteiger partial charge in [0, 0.05) is 29.1 Å². The van der Waals surface area contributed by atoms with Gasteiger partial charge >= 0.3 is 6.03 Å². The van der Waals surface area contributed by atoms with Gasteiger partial charge < -0.3 is 15.0 Å². The second kappa shape index (κ2) is 8.64. The summed E-state index contributed by atoms with van der Waals surface area (Å²) in [7, 11) is 3.47. The average Bonchev–Trinajstić information content (AvgIpc) is 2.56. The molecule has 0 saturated heterocycles. The number of methoxy groups -OCH3 is 1. The Morgan fingerprint density at radius 3 is 2.12 bits per heavy atom. The van der Waals surface area contributed by atoms with Crippen molar-refractivity contribution in [3.8, 4) is 5.75 Å². The summed E-state index contributed by atoms with van der Waals surface area (Å²) >= 11 is 1.67. The van der Waals surface area contributed by atoms with E-state index in [9.17, 15) is 4.79 Å². The minimum atomic E-state index is -0.0840. The molecule has 0 aromatic heterocycles. The Hall–Kier alpha value is -2.14. The number of anilines is 1. The molecule has 0 bridgehead atoms. The maximum absolute atomic E-state index is 12.1. The summed E-state index contributed by atoms with van der Waals surface area (Å²) in [5.74, 6) is 1.30. The van der Waals surface area contributed by atoms with Crippen LogP contribution in [0, 0.1) is 5.92 Å². The van der Waals surface area contributed by atoms with Gasteiger partial charge in [0.1, 0.15) is 5.75 Å². The maximum Gasteiger partial charge on any atom is 0.321 e. The molecule has 2 amide bonds. The van der Waals surface area contributed by atoms with E-state index in [4.69, 9.17) is 4.74 Å². The smallest absolute Gasteiger partial charge is 0.321 e. The van der Waals surface area contributed by atoms with Gasteiger partial charge in [-0.05, 0) is 54.4 Å². The van der Waals surface area contributed by atoms with Crippen molar-refractivity contribution in [3.63, 3.8) is 0 Å². The van der Waals surface area contributed by atoms with E-state index >= 15 is 0 Å². The van der Waals surface area contributed by atoms with Gasteiger partial charge in [0.05, 0.1) is 7.11 Å². The predicted molar refractivity (Wildman–Crippen MR) is 100 cm³/mol. The summed E-state index contributed by atoms with van der Waals surface area (Å²) in [5, 5.41) is 2.91. The zero-order valence-electron chi connectivity index (χ0n) is 14.6. The number of hydrogen-bond donors (Lipinski definition) is 1. The van der Waals surface area contributed by atoms with E-state index in [1.54, 1.807) is 23.8 Å². The van der Waals surface area contributed by atoms with E-state index in [0.29, 0.717) is 5.92 Å². The molecule has 2 rings (SSSR count). The summed E-state index contributed by atoms with van der Waals surface area (Å²) in [4.78, 5) is 16.0. The van der Waals surface area contributed by atoms with Crippen molar-refractivity contribution < 1.29 is 9.53 Å². The van der Waals surface area contributed by atoms with Crippen molar-refractivity contribution in [2.45, 2.75) is 23.6 Å². The first-order valence-corrected chi connectivity index (χ1v) is 8.73. The van der Waals surface area contributed by atoms with Crippen LogP contribution in [0.15, 0.2) is 58.3 Å². The van der Waals surface area contributed by atoms with Crippen molar-refractivity contribution in [3.05, 3.63) is 48.5 Å². The zero-order chi connectivity index (χ0) is 17.5. The van der Waals surface area contributed by atoms with Crippen LogP contribution in [0.2, 0.25) is 0 Å². The fourth-order valence-electron chi connectivity index (χ4n) is 2.24. The Labute approximate surface area is 148 Å². The summed E-state index contributed by atoms with van der Waals surface area (Å²) in [5.41, 5.74) is 0.801. The highest BCUT2D eigenvalue weighted by Gasteiger charge is 2.10. The molecule has 1 N–H and O–H groups in total. The van der Waals surface area contributed by atoms with Crippen molar-refractivity contribution in [1.82, 2.24) is 4.90 Å². The first-order valence-electron chi connectivity index (χ1n) is 7.92. The molecule has 0 atom stereocenters. The van der Waals surface area contributed by atoms with Gasteiger partial charge in [-0.25, -0.2) is 4.79 Å². The second-order valence-electron chi connectivity index (χ2n) is 6.01. The molecule has 5 heteroatoms. The number of carbonyl (C=O) groups is 1. The van der Waals surface area contributed by atoms with Crippen LogP contribution in [-0.2, 0) is 0 Å². The van der Waals surface area contributed by atoms with Crippen LogP contribution in [0.25, 0.3) is 0 Å². The second-order valence-corrected chi connectivity index (χ2v) is 7.15. The third-order valence-electron chi connectivity index (χ3n) is 3.39. The van der Waals surface area contributed by atoms with E-state index in [0.717, 1.165) is 27.8 Å². The first kappa shape index (κ1) is 18.2. The van der Waals surface area contributed by atoms with Gasteiger partial charge in [-0.2, -0.15) is 0 Å². The topological polar surface area (TPSA) is 41.6 Å². The average molecular weight is 344 g/mol. The summed E-state index contributed by atoms with van der Waals surface area (Å²) in [6.07, 6.45) is 0. The Morgan fingerprint density at radius 2 is 1.62 bits per heavy atom. The van der Waals surface area contributed by atoms with Gasteiger partial charge in [-0.1, -0.05) is 25.6 Å². The first-order chi connectivity index (χ1) is 11.5. The maximum atomic E-state index is 12.1. The molecule has 0 saturated carbocycles. The minimum absolute atomic E-state index is 0.0840. The molecule has 2 aromatic rings. The summed E-state index contributed by atoms with van der Waals surface area (Å²) in [6.45, 7) is 4.92. The molecule has 0 aliphatic heterocycles. The Morgan fingerprint density at radius 1 is 1.08 bits per heavy atom. The van der Waals surface area contributed by atoms with Gasteiger partial charge in [-0.3, -0.25) is 0 Å². The van der Waals surface area contributed by atoms with Crippen LogP contribution in [0.4, 0.5) is 10.5 Å². The number of benzene rings is 2. The summed E-state index contributed by atoms with van der Waals surface area (Å²) in [6, 6.07) is 15.7. The van der Waals surface area contributed by atoms with Gasteiger partial charge in [0.2, 0.25) is 0 Å². The van der Waals surface area contributed by atoms with Crippen molar-refractivity contribution in [2.24, 2.45) is 5.92 Å². The molecule has 0 fully saturated rings. The molecule has 2 aromatic carbocycles. The lowest BCUT2D eigenvalue weighted by Gasteiger charge is -2.20. The number of nitrogens with zero attached hydrogens (tertiary/aromatic N) is 1. The zero-order valence-corrected chi connectivity index (χ0v) is 15.4. The monoisotopic (exact) mass is 344 g/mol. The van der Waals surface area contributed by atoms with Crippen molar-refractivity contribution in [1.29, 1.82) is 0 Å². The third-order valence-corrected chi connectivity index (χ3v) is 4.40. The Kier molecular flexibility index (Phi) is 6.55. The molecule has 0 radical (unpaired) electrons. The van der Waals surface area contributed by atoms with Crippen LogP contribution in [-0.4, -0.2) is 31.6 Å². The molecular formula is C19H24N2O2S. The highest BCUT2D eigenvalue weighted by Crippen LogP contribution is 2.29. The lowest BCUT2D eigenvalue weighted by atomic mass is 10.2. The SMILES string of the molecule is COc1ccc(Sc2ccc(NC(=O)N(C)CC(C)C)cc2)cc1. The molecule has 0 unspecified atom stereocenters. The number of ether oxygens (including phenoxy) is 1. The quantitative estimate of drug-likeness (QED) is 0.805. The van der Waals surface area contributed by atoms with E-state index < -0.39 is 0 Å². The van der Waals surface area contributed by atoms with Crippen molar-refractivity contribution >= 4 is 23.5 Å².